The van der Waals surface area contributed by atoms with E-state index in [1.165, 1.54) is 0 Å². The third-order valence-corrected chi connectivity index (χ3v) is 6.08. The molecule has 1 aromatic heterocycles. The summed E-state index contributed by atoms with van der Waals surface area (Å²) >= 11 is 0. The van der Waals surface area contributed by atoms with Crippen molar-refractivity contribution in [3.8, 4) is 22.7 Å². The largest absolute Gasteiger partial charge is 0.490 e. The summed E-state index contributed by atoms with van der Waals surface area (Å²) in [6.45, 7) is 7.34. The number of para-hydroxylation sites is 1. The number of carbonyl (C=O) groups excluding carboxylic acids is 2. The van der Waals surface area contributed by atoms with Gasteiger partial charge in [-0.25, -0.2) is 14.3 Å². The van der Waals surface area contributed by atoms with Crippen LogP contribution in [-0.2, 0) is 16.0 Å². The lowest BCUT2D eigenvalue weighted by molar-refractivity contribution is -0.143. The Bertz CT molecular complexity index is 1330. The molecule has 2 N–H and O–H groups in total. The minimum absolute atomic E-state index is 0.119. The number of allylic oxidation sites excluding steroid dienone is 1. The number of esters is 1. The molecule has 5 rings (SSSR count). The van der Waals surface area contributed by atoms with Crippen molar-refractivity contribution in [1.29, 1.82) is 0 Å². The first kappa shape index (κ1) is 22.7. The first-order valence-electron chi connectivity index (χ1n) is 11.7. The van der Waals surface area contributed by atoms with Crippen LogP contribution in [-0.4, -0.2) is 34.0 Å². The molecule has 8 nitrogen and oxygen atoms in total. The number of urea groups is 1. The van der Waals surface area contributed by atoms with Crippen LogP contribution in [0.15, 0.2) is 66.0 Å². The molecule has 0 bridgehead atoms. The fourth-order valence-electron chi connectivity index (χ4n) is 4.58. The maximum Gasteiger partial charge on any atom is 0.338 e. The summed E-state index contributed by atoms with van der Waals surface area (Å²) in [5.41, 5.74) is 5.04. The van der Waals surface area contributed by atoms with E-state index in [-0.39, 0.29) is 18.2 Å². The molecule has 2 atom stereocenters. The van der Waals surface area contributed by atoms with E-state index in [4.69, 9.17) is 14.6 Å². The number of fused-ring (bicyclic) bond motifs is 1. The minimum atomic E-state index is -0.731. The van der Waals surface area contributed by atoms with Crippen LogP contribution in [0.5, 0.6) is 5.75 Å². The van der Waals surface area contributed by atoms with Crippen molar-refractivity contribution in [3.05, 3.63) is 77.1 Å². The van der Waals surface area contributed by atoms with Gasteiger partial charge in [-0.2, -0.15) is 5.10 Å². The van der Waals surface area contributed by atoms with Crippen LogP contribution in [0.2, 0.25) is 0 Å². The summed E-state index contributed by atoms with van der Waals surface area (Å²) in [5.74, 6) is 0.391. The second kappa shape index (κ2) is 8.94. The van der Waals surface area contributed by atoms with Gasteiger partial charge in [0.2, 0.25) is 0 Å². The number of nitrogens with zero attached hydrogens (tertiary/aromatic N) is 2. The molecule has 2 aliphatic rings. The molecule has 0 aliphatic carbocycles. The molecule has 35 heavy (non-hydrogen) atoms. The van der Waals surface area contributed by atoms with Crippen LogP contribution in [0.1, 0.15) is 44.9 Å². The van der Waals surface area contributed by atoms with Gasteiger partial charge >= 0.3 is 12.0 Å². The van der Waals surface area contributed by atoms with Gasteiger partial charge in [0.1, 0.15) is 11.9 Å². The lowest BCUT2D eigenvalue weighted by Crippen LogP contribution is -2.45. The van der Waals surface area contributed by atoms with Crippen LogP contribution < -0.4 is 15.4 Å². The molecule has 2 aliphatic heterocycles. The zero-order valence-corrected chi connectivity index (χ0v) is 20.2. The summed E-state index contributed by atoms with van der Waals surface area (Å²) in [6, 6.07) is 14.6. The SMILES string of the molecule is CC1=C(C(=O)OC(C)C)[C@@H](c2cn(-c3ccccc3)nc2-c2ccc3c(c2)C[C@@H](C)O3)NC(=O)N1. The van der Waals surface area contributed by atoms with Crippen molar-refractivity contribution >= 4 is 12.0 Å². The van der Waals surface area contributed by atoms with Crippen molar-refractivity contribution in [1.82, 2.24) is 20.4 Å². The maximum absolute atomic E-state index is 13.1. The van der Waals surface area contributed by atoms with Gasteiger partial charge in [-0.15, -0.1) is 0 Å². The molecule has 0 unspecified atom stereocenters. The molecular formula is C27H28N4O4. The molecule has 3 heterocycles. The Kier molecular flexibility index (Phi) is 5.80. The number of hydrogen-bond donors (Lipinski definition) is 2. The fourth-order valence-corrected chi connectivity index (χ4v) is 4.58. The van der Waals surface area contributed by atoms with E-state index in [2.05, 4.69) is 16.7 Å². The highest BCUT2D eigenvalue weighted by molar-refractivity contribution is 5.95. The molecule has 2 amide bonds. The normalized spacial score (nSPS) is 19.2. The Labute approximate surface area is 203 Å². The van der Waals surface area contributed by atoms with E-state index in [1.807, 2.05) is 55.6 Å². The average molecular weight is 473 g/mol. The van der Waals surface area contributed by atoms with Gasteiger partial charge in [-0.3, -0.25) is 0 Å². The molecule has 180 valence electrons. The molecule has 0 spiro atoms. The molecule has 0 saturated carbocycles. The Hall–Kier alpha value is -4.07. The number of amides is 2. The number of benzene rings is 2. The van der Waals surface area contributed by atoms with E-state index < -0.39 is 12.0 Å². The number of rotatable bonds is 5. The molecule has 2 aromatic carbocycles. The highest BCUT2D eigenvalue weighted by atomic mass is 16.5. The summed E-state index contributed by atoms with van der Waals surface area (Å²) in [7, 11) is 0. The van der Waals surface area contributed by atoms with Crippen LogP contribution in [0.3, 0.4) is 0 Å². The van der Waals surface area contributed by atoms with Crippen molar-refractivity contribution in [2.45, 2.75) is 52.4 Å². The third-order valence-electron chi connectivity index (χ3n) is 6.08. The van der Waals surface area contributed by atoms with Gasteiger partial charge in [-0.05, 0) is 63.6 Å². The smallest absolute Gasteiger partial charge is 0.338 e. The molecule has 0 fully saturated rings. The second-order valence-corrected chi connectivity index (χ2v) is 9.19. The minimum Gasteiger partial charge on any atom is -0.490 e. The van der Waals surface area contributed by atoms with Crippen molar-refractivity contribution in [3.63, 3.8) is 0 Å². The zero-order chi connectivity index (χ0) is 24.7. The first-order chi connectivity index (χ1) is 16.8. The highest BCUT2D eigenvalue weighted by Gasteiger charge is 2.36. The summed E-state index contributed by atoms with van der Waals surface area (Å²) < 4.78 is 13.2. The monoisotopic (exact) mass is 472 g/mol. The van der Waals surface area contributed by atoms with Crippen LogP contribution in [0, 0.1) is 0 Å². The van der Waals surface area contributed by atoms with Crippen molar-refractivity contribution in [2.75, 3.05) is 0 Å². The fraction of sp³-hybridized carbons (Fsp3) is 0.296. The Morgan fingerprint density at radius 1 is 1.20 bits per heavy atom. The van der Waals surface area contributed by atoms with Gasteiger partial charge in [0, 0.05) is 29.4 Å². The molecular weight excluding hydrogens is 444 g/mol. The van der Waals surface area contributed by atoms with Gasteiger partial charge < -0.3 is 20.1 Å². The van der Waals surface area contributed by atoms with E-state index in [9.17, 15) is 9.59 Å². The van der Waals surface area contributed by atoms with E-state index in [0.717, 1.165) is 29.0 Å². The second-order valence-electron chi connectivity index (χ2n) is 9.19. The lowest BCUT2D eigenvalue weighted by Gasteiger charge is -2.28. The number of nitrogens with one attached hydrogen (secondary N) is 2. The van der Waals surface area contributed by atoms with Crippen molar-refractivity contribution in [2.24, 2.45) is 0 Å². The van der Waals surface area contributed by atoms with Crippen LogP contribution in [0.25, 0.3) is 16.9 Å². The van der Waals surface area contributed by atoms with Gasteiger partial charge in [0.15, 0.2) is 0 Å². The molecule has 0 saturated heterocycles. The van der Waals surface area contributed by atoms with E-state index in [0.29, 0.717) is 22.5 Å². The lowest BCUT2D eigenvalue weighted by atomic mass is 9.93. The standard InChI is InChI=1S/C27H28N4O4/c1-15(2)34-26(32)23-17(4)28-27(33)29-25(23)21-14-31(20-8-6-5-7-9-20)30-24(21)18-10-11-22-19(13-18)12-16(3)35-22/h5-11,13-16,25H,12H2,1-4H3,(H2,28,29,33)/t16-,25-/m1/s1. The Balaban J connectivity index is 1.67. The number of hydrogen-bond acceptors (Lipinski definition) is 5. The van der Waals surface area contributed by atoms with E-state index >= 15 is 0 Å². The van der Waals surface area contributed by atoms with Gasteiger partial charge in [-0.1, -0.05) is 18.2 Å². The Morgan fingerprint density at radius 2 is 1.97 bits per heavy atom. The quantitative estimate of drug-likeness (QED) is 0.536. The van der Waals surface area contributed by atoms with Crippen LogP contribution in [0.4, 0.5) is 4.79 Å². The molecule has 3 aromatic rings. The predicted molar refractivity (Wildman–Crippen MR) is 131 cm³/mol. The number of aromatic nitrogens is 2. The molecule has 0 radical (unpaired) electrons. The third kappa shape index (κ3) is 4.39. The van der Waals surface area contributed by atoms with Gasteiger partial charge in [0.05, 0.1) is 29.1 Å². The summed E-state index contributed by atoms with van der Waals surface area (Å²) in [4.78, 5) is 25.6. The first-order valence-corrected chi connectivity index (χ1v) is 11.7. The Morgan fingerprint density at radius 3 is 2.71 bits per heavy atom. The van der Waals surface area contributed by atoms with Crippen LogP contribution >= 0.6 is 0 Å². The van der Waals surface area contributed by atoms with Crippen molar-refractivity contribution < 1.29 is 19.1 Å². The van der Waals surface area contributed by atoms with Gasteiger partial charge in [0.25, 0.3) is 0 Å². The maximum atomic E-state index is 13.1. The summed E-state index contributed by atoms with van der Waals surface area (Å²) in [5, 5.41) is 10.5. The number of carbonyl (C=O) groups is 2. The zero-order valence-electron chi connectivity index (χ0n) is 20.2. The molecule has 8 heteroatoms. The topological polar surface area (TPSA) is 94.5 Å². The number of ether oxygens (including phenoxy) is 2. The summed E-state index contributed by atoms with van der Waals surface area (Å²) in [6.07, 6.45) is 2.50. The average Bonchev–Trinajstić information content (AvgIpc) is 3.41. The predicted octanol–water partition coefficient (Wildman–Crippen LogP) is 4.44. The highest BCUT2D eigenvalue weighted by Crippen LogP contribution is 2.38. The van der Waals surface area contributed by atoms with E-state index in [1.54, 1.807) is 25.5 Å².